The summed E-state index contributed by atoms with van der Waals surface area (Å²) in [5, 5.41) is 12.0. The molecule has 0 saturated heterocycles. The van der Waals surface area contributed by atoms with Crippen LogP contribution in [0.15, 0.2) is 30.6 Å². The van der Waals surface area contributed by atoms with Crippen molar-refractivity contribution in [2.24, 2.45) is 0 Å². The van der Waals surface area contributed by atoms with Gasteiger partial charge in [0.25, 0.3) is 5.91 Å². The Labute approximate surface area is 137 Å². The van der Waals surface area contributed by atoms with Crippen LogP contribution in [0.2, 0.25) is 0 Å². The second kappa shape index (κ2) is 6.90. The van der Waals surface area contributed by atoms with Crippen molar-refractivity contribution < 1.29 is 18.7 Å². The average Bonchev–Trinajstić information content (AvgIpc) is 2.58. The van der Waals surface area contributed by atoms with Crippen LogP contribution in [0.4, 0.5) is 8.78 Å². The van der Waals surface area contributed by atoms with Gasteiger partial charge in [0.1, 0.15) is 0 Å². The Bertz CT molecular complexity index is 737. The third kappa shape index (κ3) is 3.67. The summed E-state index contributed by atoms with van der Waals surface area (Å²) in [6, 6.07) is 3.88. The maximum absolute atomic E-state index is 13.4. The lowest BCUT2D eigenvalue weighted by Gasteiger charge is -2.30. The summed E-state index contributed by atoms with van der Waals surface area (Å²) in [7, 11) is 0. The minimum Gasteiger partial charge on any atom is -0.505 e. The Morgan fingerprint density at radius 2 is 1.92 bits per heavy atom. The van der Waals surface area contributed by atoms with Crippen LogP contribution in [0.5, 0.6) is 5.75 Å². The largest absolute Gasteiger partial charge is 0.505 e. The second-order valence-corrected chi connectivity index (χ2v) is 5.97. The number of aromatic hydroxyl groups is 1. The molecule has 0 radical (unpaired) electrons. The van der Waals surface area contributed by atoms with E-state index in [1.54, 1.807) is 6.07 Å². The van der Waals surface area contributed by atoms with Crippen molar-refractivity contribution in [3.63, 3.8) is 0 Å². The molecule has 2 unspecified atom stereocenters. The van der Waals surface area contributed by atoms with Gasteiger partial charge in [0.2, 0.25) is 5.82 Å². The summed E-state index contributed by atoms with van der Waals surface area (Å²) in [4.78, 5) is 19.7. The van der Waals surface area contributed by atoms with Crippen molar-refractivity contribution in [1.29, 1.82) is 0 Å². The summed E-state index contributed by atoms with van der Waals surface area (Å²) < 4.78 is 26.5. The zero-order chi connectivity index (χ0) is 17.1. The number of nitrogens with zero attached hydrogens (tertiary/aromatic N) is 2. The maximum Gasteiger partial charge on any atom is 0.289 e. The third-order valence-corrected chi connectivity index (χ3v) is 4.27. The highest BCUT2D eigenvalue weighted by molar-refractivity contribution is 5.90. The number of carbonyl (C=O) groups is 1. The van der Waals surface area contributed by atoms with Crippen LogP contribution in [-0.2, 0) is 0 Å². The Kier molecular flexibility index (Phi) is 4.69. The average molecular weight is 333 g/mol. The fourth-order valence-corrected chi connectivity index (χ4v) is 3.08. The second-order valence-electron chi connectivity index (χ2n) is 5.97. The Hall–Kier alpha value is -2.57. The van der Waals surface area contributed by atoms with Gasteiger partial charge in [-0.25, -0.2) is 18.7 Å². The summed E-state index contributed by atoms with van der Waals surface area (Å²) in [6.45, 7) is 0. The molecule has 1 amide bonds. The van der Waals surface area contributed by atoms with Crippen molar-refractivity contribution in [3.05, 3.63) is 53.6 Å². The number of carbonyl (C=O) groups excluding carboxylic acids is 1. The van der Waals surface area contributed by atoms with Gasteiger partial charge in [0.05, 0.1) is 12.4 Å². The van der Waals surface area contributed by atoms with Gasteiger partial charge < -0.3 is 10.4 Å². The van der Waals surface area contributed by atoms with Crippen LogP contribution in [-0.4, -0.2) is 27.0 Å². The molecule has 126 valence electrons. The normalized spacial score (nSPS) is 20.6. The third-order valence-electron chi connectivity index (χ3n) is 4.27. The minimum atomic E-state index is -0.858. The highest BCUT2D eigenvalue weighted by atomic mass is 19.2. The maximum atomic E-state index is 13.4. The molecule has 1 aromatic heterocycles. The zero-order valence-electron chi connectivity index (χ0n) is 12.9. The van der Waals surface area contributed by atoms with Crippen LogP contribution in [0.3, 0.4) is 0 Å². The lowest BCUT2D eigenvalue weighted by atomic mass is 9.81. The van der Waals surface area contributed by atoms with Crippen molar-refractivity contribution in [1.82, 2.24) is 15.3 Å². The Balaban J connectivity index is 1.65. The van der Waals surface area contributed by atoms with Gasteiger partial charge in [-0.05, 0) is 42.9 Å². The van der Waals surface area contributed by atoms with E-state index in [-0.39, 0.29) is 23.5 Å². The summed E-state index contributed by atoms with van der Waals surface area (Å²) >= 11 is 0. The molecular formula is C17H17F2N3O2. The molecule has 2 atom stereocenters. The molecule has 1 aromatic carbocycles. The first-order valence-corrected chi connectivity index (χ1v) is 7.80. The van der Waals surface area contributed by atoms with Gasteiger partial charge in [0, 0.05) is 6.04 Å². The SMILES string of the molecule is O=C(NC1CCCC(c2ccc(F)c(F)c2)C1)c1ncc(O)cn1. The van der Waals surface area contributed by atoms with Crippen LogP contribution in [0.25, 0.3) is 0 Å². The van der Waals surface area contributed by atoms with Crippen molar-refractivity contribution in [2.45, 2.75) is 37.6 Å². The van der Waals surface area contributed by atoms with Gasteiger partial charge in [-0.2, -0.15) is 0 Å². The van der Waals surface area contributed by atoms with Gasteiger partial charge >= 0.3 is 0 Å². The molecule has 0 spiro atoms. The van der Waals surface area contributed by atoms with E-state index in [4.69, 9.17) is 5.11 Å². The molecule has 1 aliphatic rings. The number of hydrogen-bond acceptors (Lipinski definition) is 4. The van der Waals surface area contributed by atoms with Crippen molar-refractivity contribution in [3.8, 4) is 5.75 Å². The van der Waals surface area contributed by atoms with E-state index in [1.807, 2.05) is 0 Å². The monoisotopic (exact) mass is 333 g/mol. The van der Waals surface area contributed by atoms with Gasteiger partial charge in [-0.1, -0.05) is 12.5 Å². The summed E-state index contributed by atoms with van der Waals surface area (Å²) in [6.07, 6.45) is 5.52. The molecule has 0 aliphatic heterocycles. The van der Waals surface area contributed by atoms with E-state index >= 15 is 0 Å². The van der Waals surface area contributed by atoms with Crippen molar-refractivity contribution in [2.75, 3.05) is 0 Å². The summed E-state index contributed by atoms with van der Waals surface area (Å²) in [5.41, 5.74) is 0.744. The lowest BCUT2D eigenvalue weighted by Crippen LogP contribution is -2.38. The molecular weight excluding hydrogens is 316 g/mol. The predicted octanol–water partition coefficient (Wildman–Crippen LogP) is 2.92. The number of hydrogen-bond donors (Lipinski definition) is 2. The number of amides is 1. The molecule has 2 N–H and O–H groups in total. The highest BCUT2D eigenvalue weighted by Crippen LogP contribution is 2.33. The van der Waals surface area contributed by atoms with Crippen LogP contribution < -0.4 is 5.32 Å². The molecule has 1 heterocycles. The summed E-state index contributed by atoms with van der Waals surface area (Å²) in [5.74, 6) is -2.17. The molecule has 5 nitrogen and oxygen atoms in total. The first kappa shape index (κ1) is 16.3. The molecule has 2 aromatic rings. The number of benzene rings is 1. The highest BCUT2D eigenvalue weighted by Gasteiger charge is 2.26. The molecule has 0 bridgehead atoms. The fourth-order valence-electron chi connectivity index (χ4n) is 3.08. The van der Waals surface area contributed by atoms with E-state index in [1.165, 1.54) is 6.07 Å². The molecule has 1 saturated carbocycles. The first-order valence-electron chi connectivity index (χ1n) is 7.80. The standard InChI is InChI=1S/C17H17F2N3O2/c18-14-5-4-11(7-15(14)19)10-2-1-3-12(6-10)22-17(24)16-20-8-13(23)9-21-16/h4-5,7-10,12,23H,1-3,6H2,(H,22,24). The smallest absolute Gasteiger partial charge is 0.289 e. The molecule has 7 heteroatoms. The minimum absolute atomic E-state index is 0.0113. The van der Waals surface area contributed by atoms with E-state index < -0.39 is 17.5 Å². The predicted molar refractivity (Wildman–Crippen MR) is 82.5 cm³/mol. The Morgan fingerprint density at radius 3 is 2.62 bits per heavy atom. The van der Waals surface area contributed by atoms with Crippen molar-refractivity contribution >= 4 is 5.91 Å². The quantitative estimate of drug-likeness (QED) is 0.906. The number of halogens is 2. The first-order chi connectivity index (χ1) is 11.5. The zero-order valence-corrected chi connectivity index (χ0v) is 12.9. The van der Waals surface area contributed by atoms with E-state index in [0.717, 1.165) is 43.3 Å². The molecule has 1 fully saturated rings. The fraction of sp³-hybridized carbons (Fsp3) is 0.353. The number of rotatable bonds is 3. The van der Waals surface area contributed by atoms with E-state index in [0.29, 0.717) is 6.42 Å². The topological polar surface area (TPSA) is 75.1 Å². The lowest BCUT2D eigenvalue weighted by molar-refractivity contribution is 0.0914. The molecule has 3 rings (SSSR count). The van der Waals surface area contributed by atoms with Crippen LogP contribution >= 0.6 is 0 Å². The van der Waals surface area contributed by atoms with Crippen LogP contribution in [0, 0.1) is 11.6 Å². The number of aromatic nitrogens is 2. The van der Waals surface area contributed by atoms with Gasteiger partial charge in [-0.3, -0.25) is 4.79 Å². The van der Waals surface area contributed by atoms with E-state index in [2.05, 4.69) is 15.3 Å². The number of nitrogens with one attached hydrogen (secondary N) is 1. The van der Waals surface area contributed by atoms with E-state index in [9.17, 15) is 13.6 Å². The molecule has 24 heavy (non-hydrogen) atoms. The molecule has 1 aliphatic carbocycles. The van der Waals surface area contributed by atoms with Gasteiger partial charge in [-0.15, -0.1) is 0 Å². The van der Waals surface area contributed by atoms with Crippen LogP contribution in [0.1, 0.15) is 47.8 Å². The van der Waals surface area contributed by atoms with Gasteiger partial charge in [0.15, 0.2) is 17.4 Å². The Morgan fingerprint density at radius 1 is 1.17 bits per heavy atom.